The van der Waals surface area contributed by atoms with Gasteiger partial charge < -0.3 is 4.98 Å². The second-order valence-corrected chi connectivity index (χ2v) is 17.8. The third kappa shape index (κ3) is 10.3. The zero-order valence-corrected chi connectivity index (χ0v) is 42.0. The minimum Gasteiger partial charge on any atom is -0.305 e. The summed E-state index contributed by atoms with van der Waals surface area (Å²) in [4.78, 5) is 20.5. The van der Waals surface area contributed by atoms with E-state index in [0.717, 1.165) is 106 Å². The summed E-state index contributed by atoms with van der Waals surface area (Å²) < 4.78 is 0. The minimum atomic E-state index is 0. The molecule has 347 valence electrons. The van der Waals surface area contributed by atoms with E-state index in [0.29, 0.717) is 17.5 Å². The zero-order valence-electron chi connectivity index (χ0n) is 39.6. The summed E-state index contributed by atoms with van der Waals surface area (Å²) in [6.45, 7) is 0. The standard InChI is InChI=1S/C68H45N4.Ir/c1-5-19-47(20-6-1)59-41-60(48-21-7-2-8-22-48)44-63(43-59)53-29-17-33-57(39-53)67-70-66(56-32-16-28-52(38-56)51-27-15-31-55(37-51)65-35-13-14-36-69-65)71-68(72-67)58-34-18-30-54(40-58)64-45-61(49-23-9-3-10-24-49)42-62(46-64)50-25-11-4-12-26-50;/h1-30,32-46H;/q-1;. The number of hydrogen-bond acceptors (Lipinski definition) is 4. The van der Waals surface area contributed by atoms with Gasteiger partial charge in [0.05, 0.1) is 0 Å². The van der Waals surface area contributed by atoms with Crippen LogP contribution in [0, 0.1) is 6.07 Å². The molecule has 12 rings (SSSR count). The molecule has 0 unspecified atom stereocenters. The van der Waals surface area contributed by atoms with Gasteiger partial charge in [-0.2, -0.15) is 0 Å². The Hall–Kier alpha value is -8.99. The fourth-order valence-electron chi connectivity index (χ4n) is 9.37. The van der Waals surface area contributed by atoms with Crippen LogP contribution in [0.25, 0.3) is 123 Å². The van der Waals surface area contributed by atoms with Crippen molar-refractivity contribution in [2.75, 3.05) is 0 Å². The quantitative estimate of drug-likeness (QED) is 0.121. The molecule has 2 aromatic heterocycles. The molecule has 0 amide bonds. The van der Waals surface area contributed by atoms with E-state index in [1.165, 1.54) is 0 Å². The van der Waals surface area contributed by atoms with Crippen LogP contribution in [-0.2, 0) is 20.1 Å². The zero-order chi connectivity index (χ0) is 48.1. The van der Waals surface area contributed by atoms with Crippen LogP contribution in [0.1, 0.15) is 0 Å². The first-order valence-corrected chi connectivity index (χ1v) is 24.2. The molecule has 0 N–H and O–H groups in total. The normalized spacial score (nSPS) is 10.9. The van der Waals surface area contributed by atoms with Crippen LogP contribution in [-0.4, -0.2) is 19.9 Å². The Balaban J connectivity index is 0.00000574. The first-order valence-electron chi connectivity index (χ1n) is 24.2. The van der Waals surface area contributed by atoms with Crippen molar-refractivity contribution in [2.45, 2.75) is 0 Å². The topological polar surface area (TPSA) is 51.6 Å². The molecule has 5 heteroatoms. The maximum atomic E-state index is 5.32. The van der Waals surface area contributed by atoms with Crippen molar-refractivity contribution in [3.8, 4) is 123 Å². The van der Waals surface area contributed by atoms with Crippen LogP contribution in [0.5, 0.6) is 0 Å². The monoisotopic (exact) mass is 1110 g/mol. The van der Waals surface area contributed by atoms with E-state index >= 15 is 0 Å². The number of aromatic nitrogens is 4. The average molecular weight is 1110 g/mol. The van der Waals surface area contributed by atoms with Crippen molar-refractivity contribution in [1.82, 2.24) is 19.9 Å². The number of nitrogens with zero attached hydrogens (tertiary/aromatic N) is 4. The van der Waals surface area contributed by atoms with Crippen molar-refractivity contribution in [3.05, 3.63) is 279 Å². The summed E-state index contributed by atoms with van der Waals surface area (Å²) in [5.41, 5.74) is 20.1. The molecule has 0 aliphatic heterocycles. The summed E-state index contributed by atoms with van der Waals surface area (Å²) in [5.74, 6) is 1.74. The van der Waals surface area contributed by atoms with Crippen molar-refractivity contribution in [1.29, 1.82) is 0 Å². The molecule has 0 fully saturated rings. The Kier molecular flexibility index (Phi) is 13.4. The number of hydrogen-bond donors (Lipinski definition) is 0. The molecule has 0 saturated heterocycles. The summed E-state index contributed by atoms with van der Waals surface area (Å²) >= 11 is 0. The molecule has 73 heavy (non-hydrogen) atoms. The van der Waals surface area contributed by atoms with Crippen LogP contribution in [0.3, 0.4) is 0 Å². The van der Waals surface area contributed by atoms with Crippen molar-refractivity contribution in [3.63, 3.8) is 0 Å². The maximum absolute atomic E-state index is 5.32. The molecule has 0 atom stereocenters. The number of benzene rings is 10. The summed E-state index contributed by atoms with van der Waals surface area (Å²) in [7, 11) is 0. The van der Waals surface area contributed by atoms with Gasteiger partial charge in [-0.3, -0.25) is 0 Å². The summed E-state index contributed by atoms with van der Waals surface area (Å²) in [5, 5.41) is 0. The molecule has 0 spiro atoms. The predicted octanol–water partition coefficient (Wildman–Crippen LogP) is 17.4. The van der Waals surface area contributed by atoms with Crippen molar-refractivity contribution in [2.24, 2.45) is 0 Å². The fourth-order valence-corrected chi connectivity index (χ4v) is 9.37. The molecule has 0 saturated carbocycles. The minimum absolute atomic E-state index is 0. The first-order chi connectivity index (χ1) is 35.6. The van der Waals surface area contributed by atoms with Gasteiger partial charge in [0.25, 0.3) is 0 Å². The van der Waals surface area contributed by atoms with E-state index in [1.807, 2.05) is 30.5 Å². The van der Waals surface area contributed by atoms with E-state index < -0.39 is 0 Å². The number of rotatable bonds is 11. The second-order valence-electron chi connectivity index (χ2n) is 17.8. The maximum Gasteiger partial charge on any atom is 0.164 e. The van der Waals surface area contributed by atoms with Crippen LogP contribution in [0.15, 0.2) is 273 Å². The summed E-state index contributed by atoms with van der Waals surface area (Å²) in [6.07, 6.45) is 1.81. The Morgan fingerprint density at radius 2 is 0.521 bits per heavy atom. The molecular formula is C68H45IrN4-. The molecule has 1 radical (unpaired) electrons. The Morgan fingerprint density at radius 3 is 0.877 bits per heavy atom. The smallest absolute Gasteiger partial charge is 0.164 e. The predicted molar refractivity (Wildman–Crippen MR) is 296 cm³/mol. The van der Waals surface area contributed by atoms with Crippen LogP contribution in [0.2, 0.25) is 0 Å². The molecule has 0 bridgehead atoms. The van der Waals surface area contributed by atoms with Gasteiger partial charge in [0.15, 0.2) is 17.5 Å². The Labute approximate surface area is 439 Å². The van der Waals surface area contributed by atoms with Gasteiger partial charge in [-0.1, -0.05) is 188 Å². The molecular weight excluding hydrogens is 1060 g/mol. The molecule has 10 aromatic carbocycles. The third-order valence-corrected chi connectivity index (χ3v) is 13.0. The van der Waals surface area contributed by atoms with Gasteiger partial charge in [0.2, 0.25) is 0 Å². The van der Waals surface area contributed by atoms with Crippen LogP contribution < -0.4 is 0 Å². The fraction of sp³-hybridized carbons (Fsp3) is 0. The van der Waals surface area contributed by atoms with Gasteiger partial charge in [-0.15, -0.1) is 35.4 Å². The molecule has 2 heterocycles. The Morgan fingerprint density at radius 1 is 0.233 bits per heavy atom. The van der Waals surface area contributed by atoms with Gasteiger partial charge in [-0.25, -0.2) is 15.0 Å². The van der Waals surface area contributed by atoms with E-state index in [2.05, 4.69) is 254 Å². The van der Waals surface area contributed by atoms with Crippen LogP contribution >= 0.6 is 0 Å². The van der Waals surface area contributed by atoms with Gasteiger partial charge >= 0.3 is 0 Å². The van der Waals surface area contributed by atoms with E-state index in [4.69, 9.17) is 15.0 Å². The molecule has 4 nitrogen and oxygen atoms in total. The second kappa shape index (κ2) is 21.2. The van der Waals surface area contributed by atoms with E-state index in [-0.39, 0.29) is 20.1 Å². The van der Waals surface area contributed by atoms with Gasteiger partial charge in [0.1, 0.15) is 0 Å². The van der Waals surface area contributed by atoms with E-state index in [1.54, 1.807) is 0 Å². The van der Waals surface area contributed by atoms with Gasteiger partial charge in [-0.05, 0) is 139 Å². The molecule has 0 aliphatic rings. The number of pyridine rings is 1. The van der Waals surface area contributed by atoms with Gasteiger partial charge in [0, 0.05) is 43.0 Å². The largest absolute Gasteiger partial charge is 0.305 e. The third-order valence-electron chi connectivity index (χ3n) is 13.0. The average Bonchev–Trinajstić information content (AvgIpc) is 3.48. The summed E-state index contributed by atoms with van der Waals surface area (Å²) in [6, 6.07) is 97.0. The van der Waals surface area contributed by atoms with E-state index in [9.17, 15) is 0 Å². The Bertz CT molecular complexity index is 3540. The molecule has 12 aromatic rings. The van der Waals surface area contributed by atoms with Crippen molar-refractivity contribution < 1.29 is 20.1 Å². The van der Waals surface area contributed by atoms with Crippen molar-refractivity contribution >= 4 is 0 Å². The molecule has 0 aliphatic carbocycles. The van der Waals surface area contributed by atoms with Crippen LogP contribution in [0.4, 0.5) is 0 Å². The first kappa shape index (κ1) is 46.4. The SMILES string of the molecule is [Ir].[c-]1ccc(-c2cccc(-c3nc(-c4cccc(-c5cc(-c6ccccc6)cc(-c6ccccc6)c5)c4)nc(-c4cccc(-c5cc(-c6ccccc6)cc(-c6ccccc6)c5)c4)n3)c2)cc1-c1ccccn1.